The lowest BCUT2D eigenvalue weighted by molar-refractivity contribution is 0.0589. The maximum Gasteiger partial charge on any atom is 0.356 e. The van der Waals surface area contributed by atoms with Crippen LogP contribution in [0.1, 0.15) is 45.3 Å². The second-order valence-corrected chi connectivity index (χ2v) is 7.17. The van der Waals surface area contributed by atoms with Gasteiger partial charge < -0.3 is 9.64 Å². The highest BCUT2D eigenvalue weighted by molar-refractivity contribution is 5.98. The summed E-state index contributed by atoms with van der Waals surface area (Å²) in [4.78, 5) is 27.4. The maximum absolute atomic E-state index is 13.3. The van der Waals surface area contributed by atoms with Crippen molar-refractivity contribution in [2.24, 2.45) is 7.05 Å². The molecule has 4 rings (SSSR count). The third-order valence-electron chi connectivity index (χ3n) is 5.44. The van der Waals surface area contributed by atoms with E-state index in [0.29, 0.717) is 16.8 Å². The second kappa shape index (κ2) is 7.91. The standard InChI is InChI=1S/C23H23N3O3/c1-25-21(23(28)29-2)19(15-24-25)17-10-6-11-18(14-17)22(27)26-13-7-12-20(26)16-8-4-3-5-9-16/h3-6,8-11,14-15,20H,7,12-13H2,1-2H3. The van der Waals surface area contributed by atoms with Crippen molar-refractivity contribution >= 4 is 11.9 Å². The van der Waals surface area contributed by atoms with Gasteiger partial charge in [-0.15, -0.1) is 0 Å². The fourth-order valence-corrected chi connectivity index (χ4v) is 4.00. The van der Waals surface area contributed by atoms with Crippen LogP contribution in [-0.4, -0.2) is 40.2 Å². The van der Waals surface area contributed by atoms with Gasteiger partial charge in [-0.2, -0.15) is 5.10 Å². The fraction of sp³-hybridized carbons (Fsp3) is 0.261. The van der Waals surface area contributed by atoms with Crippen LogP contribution in [0.2, 0.25) is 0 Å². The summed E-state index contributed by atoms with van der Waals surface area (Å²) < 4.78 is 6.37. The molecule has 0 spiro atoms. The summed E-state index contributed by atoms with van der Waals surface area (Å²) in [5.41, 5.74) is 3.54. The number of aromatic nitrogens is 2. The Morgan fingerprint density at radius 2 is 1.90 bits per heavy atom. The van der Waals surface area contributed by atoms with E-state index in [0.717, 1.165) is 30.5 Å². The van der Waals surface area contributed by atoms with E-state index in [9.17, 15) is 9.59 Å². The van der Waals surface area contributed by atoms with Crippen LogP contribution in [0.25, 0.3) is 11.1 Å². The molecule has 3 aromatic rings. The minimum atomic E-state index is -0.458. The second-order valence-electron chi connectivity index (χ2n) is 7.17. The zero-order valence-corrected chi connectivity index (χ0v) is 16.5. The molecule has 2 heterocycles. The van der Waals surface area contributed by atoms with Gasteiger partial charge in [-0.25, -0.2) is 4.79 Å². The van der Waals surface area contributed by atoms with Crippen LogP contribution < -0.4 is 0 Å². The quantitative estimate of drug-likeness (QED) is 0.636. The van der Waals surface area contributed by atoms with Crippen molar-refractivity contribution in [3.8, 4) is 11.1 Å². The van der Waals surface area contributed by atoms with E-state index in [1.54, 1.807) is 13.2 Å². The van der Waals surface area contributed by atoms with Crippen LogP contribution >= 0.6 is 0 Å². The fourth-order valence-electron chi connectivity index (χ4n) is 4.00. The van der Waals surface area contributed by atoms with Gasteiger partial charge in [-0.3, -0.25) is 9.48 Å². The molecule has 6 nitrogen and oxygen atoms in total. The topological polar surface area (TPSA) is 64.4 Å². The normalized spacial score (nSPS) is 16.1. The molecule has 1 atom stereocenters. The monoisotopic (exact) mass is 389 g/mol. The lowest BCUT2D eigenvalue weighted by atomic mass is 10.0. The number of carbonyl (C=O) groups excluding carboxylic acids is 2. The van der Waals surface area contributed by atoms with Crippen LogP contribution in [-0.2, 0) is 11.8 Å². The van der Waals surface area contributed by atoms with Crippen molar-refractivity contribution in [1.29, 1.82) is 0 Å². The summed E-state index contributed by atoms with van der Waals surface area (Å²) in [6, 6.07) is 17.6. The van der Waals surface area contributed by atoms with E-state index in [2.05, 4.69) is 17.2 Å². The Morgan fingerprint density at radius 3 is 2.66 bits per heavy atom. The highest BCUT2D eigenvalue weighted by Gasteiger charge is 2.30. The van der Waals surface area contributed by atoms with Crippen molar-refractivity contribution in [2.45, 2.75) is 18.9 Å². The summed E-state index contributed by atoms with van der Waals surface area (Å²) in [5, 5.41) is 4.19. The molecule has 0 bridgehead atoms. The van der Waals surface area contributed by atoms with Gasteiger partial charge in [0.1, 0.15) is 0 Å². The molecular weight excluding hydrogens is 366 g/mol. The lowest BCUT2D eigenvalue weighted by Gasteiger charge is -2.25. The van der Waals surface area contributed by atoms with Crippen LogP contribution in [0.3, 0.4) is 0 Å². The molecule has 1 aliphatic rings. The highest BCUT2D eigenvalue weighted by atomic mass is 16.5. The van der Waals surface area contributed by atoms with Crippen molar-refractivity contribution in [3.63, 3.8) is 0 Å². The van der Waals surface area contributed by atoms with E-state index in [1.165, 1.54) is 11.8 Å². The first-order chi connectivity index (χ1) is 14.1. The first-order valence-corrected chi connectivity index (χ1v) is 9.67. The molecule has 0 saturated carbocycles. The minimum absolute atomic E-state index is 0.00158. The summed E-state index contributed by atoms with van der Waals surface area (Å²) in [7, 11) is 3.04. The first-order valence-electron chi connectivity index (χ1n) is 9.67. The minimum Gasteiger partial charge on any atom is -0.464 e. The van der Waals surface area contributed by atoms with Gasteiger partial charge >= 0.3 is 5.97 Å². The van der Waals surface area contributed by atoms with Gasteiger partial charge in [0.15, 0.2) is 5.69 Å². The molecule has 1 amide bonds. The van der Waals surface area contributed by atoms with Gasteiger partial charge in [0.05, 0.1) is 19.3 Å². The Hall–Kier alpha value is -3.41. The number of hydrogen-bond acceptors (Lipinski definition) is 4. The largest absolute Gasteiger partial charge is 0.464 e. The first kappa shape index (κ1) is 18.9. The average molecular weight is 389 g/mol. The summed E-state index contributed by atoms with van der Waals surface area (Å²) >= 11 is 0. The van der Waals surface area contributed by atoms with Crippen molar-refractivity contribution < 1.29 is 14.3 Å². The molecule has 2 aromatic carbocycles. The molecule has 148 valence electrons. The SMILES string of the molecule is COC(=O)c1c(-c2cccc(C(=O)N3CCCC3c3ccccc3)c2)cnn1C. The maximum atomic E-state index is 13.3. The molecule has 1 fully saturated rings. The average Bonchev–Trinajstić information content (AvgIpc) is 3.40. The van der Waals surface area contributed by atoms with E-state index in [4.69, 9.17) is 4.74 Å². The highest BCUT2D eigenvalue weighted by Crippen LogP contribution is 2.33. The van der Waals surface area contributed by atoms with E-state index < -0.39 is 5.97 Å². The molecule has 1 unspecified atom stereocenters. The third kappa shape index (κ3) is 3.53. The Kier molecular flexibility index (Phi) is 5.16. The molecule has 1 saturated heterocycles. The molecule has 0 radical (unpaired) electrons. The van der Waals surface area contributed by atoms with Crippen LogP contribution in [0, 0.1) is 0 Å². The Labute approximate surface area is 169 Å². The zero-order chi connectivity index (χ0) is 20.4. The van der Waals surface area contributed by atoms with Gasteiger partial charge in [0.25, 0.3) is 5.91 Å². The smallest absolute Gasteiger partial charge is 0.356 e. The Bertz CT molecular complexity index is 1040. The number of aryl methyl sites for hydroxylation is 1. The third-order valence-corrected chi connectivity index (χ3v) is 5.44. The number of hydrogen-bond donors (Lipinski definition) is 0. The predicted molar refractivity (Wildman–Crippen MR) is 109 cm³/mol. The van der Waals surface area contributed by atoms with Crippen molar-refractivity contribution in [2.75, 3.05) is 13.7 Å². The number of carbonyl (C=O) groups is 2. The number of esters is 1. The summed E-state index contributed by atoms with van der Waals surface area (Å²) in [5.74, 6) is -0.456. The molecule has 6 heteroatoms. The molecular formula is C23H23N3O3. The summed E-state index contributed by atoms with van der Waals surface area (Å²) in [6.07, 6.45) is 3.57. The Balaban J connectivity index is 1.66. The molecule has 0 aliphatic carbocycles. The lowest BCUT2D eigenvalue weighted by Crippen LogP contribution is -2.30. The molecule has 1 aliphatic heterocycles. The van der Waals surface area contributed by atoms with E-state index in [-0.39, 0.29) is 11.9 Å². The van der Waals surface area contributed by atoms with Gasteiger partial charge in [-0.1, -0.05) is 42.5 Å². The van der Waals surface area contributed by atoms with Gasteiger partial charge in [-0.05, 0) is 36.1 Å². The summed E-state index contributed by atoms with van der Waals surface area (Å²) in [6.45, 7) is 0.739. The van der Waals surface area contributed by atoms with Crippen LogP contribution in [0.15, 0.2) is 60.8 Å². The number of benzene rings is 2. The van der Waals surface area contributed by atoms with Gasteiger partial charge in [0, 0.05) is 24.7 Å². The predicted octanol–water partition coefficient (Wildman–Crippen LogP) is 3.85. The van der Waals surface area contributed by atoms with E-state index in [1.807, 2.05) is 47.4 Å². The number of ether oxygens (including phenoxy) is 1. The molecule has 0 N–H and O–H groups in total. The zero-order valence-electron chi connectivity index (χ0n) is 16.5. The number of amides is 1. The van der Waals surface area contributed by atoms with Crippen LogP contribution in [0.5, 0.6) is 0 Å². The number of nitrogens with zero attached hydrogens (tertiary/aromatic N) is 3. The molecule has 1 aromatic heterocycles. The molecule has 29 heavy (non-hydrogen) atoms. The van der Waals surface area contributed by atoms with Gasteiger partial charge in [0.2, 0.25) is 0 Å². The number of rotatable bonds is 4. The Morgan fingerprint density at radius 1 is 1.10 bits per heavy atom. The van der Waals surface area contributed by atoms with Crippen molar-refractivity contribution in [1.82, 2.24) is 14.7 Å². The number of likely N-dealkylation sites (tertiary alicyclic amines) is 1. The van der Waals surface area contributed by atoms with E-state index >= 15 is 0 Å². The number of methoxy groups -OCH3 is 1. The van der Waals surface area contributed by atoms with Crippen molar-refractivity contribution in [3.05, 3.63) is 77.6 Å². The van der Waals surface area contributed by atoms with Crippen LogP contribution in [0.4, 0.5) is 0 Å².